The minimum absolute atomic E-state index is 0.0631. The molecule has 20 heavy (non-hydrogen) atoms. The van der Waals surface area contributed by atoms with Gasteiger partial charge < -0.3 is 4.74 Å². The van der Waals surface area contributed by atoms with E-state index in [1.807, 2.05) is 0 Å². The number of hydrogen-bond acceptors (Lipinski definition) is 1. The van der Waals surface area contributed by atoms with E-state index in [0.29, 0.717) is 0 Å². The number of alkyl halides is 1. The molecular weight excluding hydrogens is 268 g/mol. The lowest BCUT2D eigenvalue weighted by molar-refractivity contribution is 0.357. The summed E-state index contributed by atoms with van der Waals surface area (Å²) in [6.45, 7) is 0.796. The Balaban J connectivity index is 1.68. The first-order valence-electron chi connectivity index (χ1n) is 7.33. The van der Waals surface area contributed by atoms with Gasteiger partial charge in [-0.25, -0.2) is 0 Å². The van der Waals surface area contributed by atoms with E-state index in [9.17, 15) is 0 Å². The average Bonchev–Trinajstić information content (AvgIpc) is 3.13. The van der Waals surface area contributed by atoms with Crippen LogP contribution in [0.15, 0.2) is 36.4 Å². The molecule has 1 atom stereocenters. The number of aryl methyl sites for hydroxylation is 2. The second-order valence-corrected chi connectivity index (χ2v) is 6.15. The fourth-order valence-electron chi connectivity index (χ4n) is 3.31. The molecule has 2 aromatic carbocycles. The maximum absolute atomic E-state index is 6.69. The zero-order valence-corrected chi connectivity index (χ0v) is 12.1. The van der Waals surface area contributed by atoms with Gasteiger partial charge in [0, 0.05) is 6.42 Å². The molecule has 0 aromatic heterocycles. The highest BCUT2D eigenvalue weighted by molar-refractivity contribution is 6.22. The fourth-order valence-corrected chi connectivity index (χ4v) is 3.58. The van der Waals surface area contributed by atoms with Crippen molar-refractivity contribution in [3.05, 3.63) is 64.2 Å². The van der Waals surface area contributed by atoms with Crippen LogP contribution in [0, 0.1) is 0 Å². The summed E-state index contributed by atoms with van der Waals surface area (Å²) >= 11 is 6.69. The van der Waals surface area contributed by atoms with Gasteiger partial charge in [-0.05, 0) is 53.1 Å². The number of hydrogen-bond donors (Lipinski definition) is 0. The van der Waals surface area contributed by atoms with Crippen molar-refractivity contribution in [1.29, 1.82) is 0 Å². The number of ether oxygens (including phenoxy) is 1. The van der Waals surface area contributed by atoms with Gasteiger partial charge in [0.25, 0.3) is 0 Å². The Morgan fingerprint density at radius 2 is 1.60 bits per heavy atom. The predicted octanol–water partition coefficient (Wildman–Crippen LogP) is 4.44. The van der Waals surface area contributed by atoms with E-state index in [-0.39, 0.29) is 5.38 Å². The van der Waals surface area contributed by atoms with Crippen molar-refractivity contribution in [1.82, 2.24) is 0 Å². The minimum atomic E-state index is -0.0631. The van der Waals surface area contributed by atoms with Gasteiger partial charge in [-0.3, -0.25) is 0 Å². The van der Waals surface area contributed by atoms with Crippen LogP contribution in [-0.4, -0.2) is 6.61 Å². The third-order valence-electron chi connectivity index (χ3n) is 4.42. The standard InChI is InChI=1S/C18H17ClO/c19-18(15-5-4-12-2-1-3-13(12)10-15)16-6-7-17-14(11-16)8-9-20-17/h4-7,10-11,18H,1-3,8-9H2. The monoisotopic (exact) mass is 284 g/mol. The van der Waals surface area contributed by atoms with Gasteiger partial charge in [0.2, 0.25) is 0 Å². The molecule has 1 aliphatic heterocycles. The van der Waals surface area contributed by atoms with Crippen LogP contribution >= 0.6 is 11.6 Å². The van der Waals surface area contributed by atoms with Crippen LogP contribution in [0.3, 0.4) is 0 Å². The molecule has 2 aromatic rings. The predicted molar refractivity (Wildman–Crippen MR) is 81.8 cm³/mol. The highest BCUT2D eigenvalue weighted by Crippen LogP contribution is 2.35. The Morgan fingerprint density at radius 1 is 0.850 bits per heavy atom. The van der Waals surface area contributed by atoms with Crippen molar-refractivity contribution in [2.75, 3.05) is 6.61 Å². The molecule has 1 aliphatic carbocycles. The van der Waals surface area contributed by atoms with E-state index >= 15 is 0 Å². The van der Waals surface area contributed by atoms with E-state index in [1.54, 1.807) is 0 Å². The Morgan fingerprint density at radius 3 is 2.50 bits per heavy atom. The van der Waals surface area contributed by atoms with Gasteiger partial charge in [0.1, 0.15) is 5.75 Å². The van der Waals surface area contributed by atoms with Crippen LogP contribution in [0.5, 0.6) is 5.75 Å². The molecule has 1 heterocycles. The van der Waals surface area contributed by atoms with Gasteiger partial charge in [0.05, 0.1) is 12.0 Å². The zero-order valence-electron chi connectivity index (χ0n) is 11.4. The van der Waals surface area contributed by atoms with Crippen molar-refractivity contribution < 1.29 is 4.74 Å². The second kappa shape index (κ2) is 4.82. The van der Waals surface area contributed by atoms with E-state index in [1.165, 1.54) is 47.1 Å². The molecular formula is C18H17ClO. The molecule has 0 saturated carbocycles. The molecule has 1 nitrogen and oxygen atoms in total. The van der Waals surface area contributed by atoms with E-state index in [4.69, 9.17) is 16.3 Å². The number of halogens is 1. The van der Waals surface area contributed by atoms with Crippen molar-refractivity contribution in [3.63, 3.8) is 0 Å². The first-order chi connectivity index (χ1) is 9.81. The lowest BCUT2D eigenvalue weighted by Gasteiger charge is -2.13. The van der Waals surface area contributed by atoms with Crippen LogP contribution in [0.1, 0.15) is 39.6 Å². The number of rotatable bonds is 2. The summed E-state index contributed by atoms with van der Waals surface area (Å²) in [4.78, 5) is 0. The van der Waals surface area contributed by atoms with Crippen molar-refractivity contribution in [3.8, 4) is 5.75 Å². The minimum Gasteiger partial charge on any atom is -0.493 e. The van der Waals surface area contributed by atoms with Gasteiger partial charge >= 0.3 is 0 Å². The van der Waals surface area contributed by atoms with Gasteiger partial charge in [0.15, 0.2) is 0 Å². The Hall–Kier alpha value is -1.47. The molecule has 2 heteroatoms. The Bertz CT molecular complexity index is 605. The summed E-state index contributed by atoms with van der Waals surface area (Å²) in [7, 11) is 0. The lowest BCUT2D eigenvalue weighted by Crippen LogP contribution is -1.96. The normalized spacial score (nSPS) is 17.4. The summed E-state index contributed by atoms with van der Waals surface area (Å²) in [5, 5.41) is -0.0631. The third kappa shape index (κ3) is 2.01. The highest BCUT2D eigenvalue weighted by Gasteiger charge is 2.18. The van der Waals surface area contributed by atoms with Crippen LogP contribution in [-0.2, 0) is 19.3 Å². The summed E-state index contributed by atoms with van der Waals surface area (Å²) in [5.41, 5.74) is 6.66. The quantitative estimate of drug-likeness (QED) is 0.741. The summed E-state index contributed by atoms with van der Waals surface area (Å²) < 4.78 is 5.56. The van der Waals surface area contributed by atoms with Gasteiger partial charge in [-0.15, -0.1) is 11.6 Å². The first-order valence-corrected chi connectivity index (χ1v) is 7.76. The smallest absolute Gasteiger partial charge is 0.122 e. The van der Waals surface area contributed by atoms with Crippen molar-refractivity contribution >= 4 is 11.6 Å². The van der Waals surface area contributed by atoms with E-state index < -0.39 is 0 Å². The third-order valence-corrected chi connectivity index (χ3v) is 4.93. The van der Waals surface area contributed by atoms with Crippen molar-refractivity contribution in [2.24, 2.45) is 0 Å². The summed E-state index contributed by atoms with van der Waals surface area (Å²) in [6.07, 6.45) is 4.70. The SMILES string of the molecule is ClC(c1ccc2c(c1)CCC2)c1ccc2c(c1)CCO2. The molecule has 0 bridgehead atoms. The van der Waals surface area contributed by atoms with Gasteiger partial charge in [-0.1, -0.05) is 30.3 Å². The van der Waals surface area contributed by atoms with Crippen LogP contribution < -0.4 is 4.74 Å². The maximum Gasteiger partial charge on any atom is 0.122 e. The average molecular weight is 285 g/mol. The second-order valence-electron chi connectivity index (χ2n) is 5.71. The largest absolute Gasteiger partial charge is 0.493 e. The Kier molecular flexibility index (Phi) is 2.96. The number of benzene rings is 2. The van der Waals surface area contributed by atoms with Crippen LogP contribution in [0.4, 0.5) is 0 Å². The topological polar surface area (TPSA) is 9.23 Å². The molecule has 4 rings (SSSR count). The molecule has 0 N–H and O–H groups in total. The molecule has 0 saturated heterocycles. The molecule has 102 valence electrons. The Labute approximate surface area is 124 Å². The van der Waals surface area contributed by atoms with Crippen LogP contribution in [0.25, 0.3) is 0 Å². The molecule has 0 fully saturated rings. The molecule has 2 aliphatic rings. The summed E-state index contributed by atoms with van der Waals surface area (Å²) in [6, 6.07) is 13.1. The van der Waals surface area contributed by atoms with Crippen LogP contribution in [0.2, 0.25) is 0 Å². The lowest BCUT2D eigenvalue weighted by atomic mass is 9.98. The van der Waals surface area contributed by atoms with E-state index in [0.717, 1.165) is 18.8 Å². The van der Waals surface area contributed by atoms with E-state index in [2.05, 4.69) is 36.4 Å². The molecule has 0 amide bonds. The number of fused-ring (bicyclic) bond motifs is 2. The molecule has 1 unspecified atom stereocenters. The molecule has 0 spiro atoms. The highest BCUT2D eigenvalue weighted by atomic mass is 35.5. The fraction of sp³-hybridized carbons (Fsp3) is 0.333. The first kappa shape index (κ1) is 12.3. The zero-order chi connectivity index (χ0) is 13.5. The molecule has 0 radical (unpaired) electrons. The maximum atomic E-state index is 6.69. The van der Waals surface area contributed by atoms with Crippen molar-refractivity contribution in [2.45, 2.75) is 31.1 Å². The summed E-state index contributed by atoms with van der Waals surface area (Å²) in [5.74, 6) is 1.02. The van der Waals surface area contributed by atoms with Gasteiger partial charge in [-0.2, -0.15) is 0 Å².